The van der Waals surface area contributed by atoms with Crippen molar-refractivity contribution in [2.24, 2.45) is 5.41 Å². The maximum Gasteiger partial charge on any atom is 0.303 e. The maximum atomic E-state index is 10.7. The Morgan fingerprint density at radius 1 is 1.53 bits per heavy atom. The molecule has 0 unspecified atom stereocenters. The highest BCUT2D eigenvalue weighted by Crippen LogP contribution is 2.19. The first kappa shape index (κ1) is 14.2. The largest absolute Gasteiger partial charge is 0.481 e. The van der Waals surface area contributed by atoms with E-state index in [-0.39, 0.29) is 11.8 Å². The minimum atomic E-state index is -0.731. The number of hydrogen-bond donors (Lipinski definition) is 2. The molecule has 4 heteroatoms. The number of aryl methyl sites for hydroxylation is 1. The molecular weight excluding hydrogens is 234 g/mol. The van der Waals surface area contributed by atoms with Gasteiger partial charge in [-0.1, -0.05) is 13.8 Å². The van der Waals surface area contributed by atoms with Crippen LogP contribution in [-0.2, 0) is 11.2 Å². The lowest BCUT2D eigenvalue weighted by molar-refractivity contribution is -0.139. The second-order valence-corrected chi connectivity index (χ2v) is 6.19. The van der Waals surface area contributed by atoms with Crippen molar-refractivity contribution in [1.82, 2.24) is 5.32 Å². The number of aliphatic carboxylic acids is 1. The molecule has 96 valence electrons. The van der Waals surface area contributed by atoms with Crippen molar-refractivity contribution < 1.29 is 9.90 Å². The van der Waals surface area contributed by atoms with Gasteiger partial charge in [0.25, 0.3) is 0 Å². The van der Waals surface area contributed by atoms with Crippen LogP contribution in [0.25, 0.3) is 0 Å². The quantitative estimate of drug-likeness (QED) is 0.736. The Morgan fingerprint density at radius 3 is 2.76 bits per heavy atom. The van der Waals surface area contributed by atoms with Crippen LogP contribution in [0.2, 0.25) is 0 Å². The van der Waals surface area contributed by atoms with Crippen LogP contribution in [-0.4, -0.2) is 24.2 Å². The van der Waals surface area contributed by atoms with Crippen molar-refractivity contribution in [2.45, 2.75) is 33.6 Å². The molecule has 0 fully saturated rings. The van der Waals surface area contributed by atoms with Crippen molar-refractivity contribution in [3.8, 4) is 0 Å². The zero-order valence-electron chi connectivity index (χ0n) is 10.7. The Hall–Kier alpha value is -0.870. The fraction of sp³-hybridized carbons (Fsp3) is 0.615. The summed E-state index contributed by atoms with van der Waals surface area (Å²) in [6, 6.07) is 2.13. The number of rotatable bonds is 7. The van der Waals surface area contributed by atoms with Crippen molar-refractivity contribution in [3.05, 3.63) is 21.9 Å². The van der Waals surface area contributed by atoms with Gasteiger partial charge in [-0.2, -0.15) is 0 Å². The van der Waals surface area contributed by atoms with E-state index in [1.54, 1.807) is 11.3 Å². The second-order valence-electron chi connectivity index (χ2n) is 5.19. The van der Waals surface area contributed by atoms with Gasteiger partial charge in [0.2, 0.25) is 0 Å². The first-order chi connectivity index (χ1) is 7.91. The van der Waals surface area contributed by atoms with Crippen LogP contribution in [0.5, 0.6) is 0 Å². The summed E-state index contributed by atoms with van der Waals surface area (Å²) in [4.78, 5) is 12.1. The van der Waals surface area contributed by atoms with Gasteiger partial charge >= 0.3 is 5.97 Å². The standard InChI is InChI=1S/C13H21NO2S/c1-10-5-7-17-11(10)4-6-14-9-13(2,3)8-12(15)16/h5,7,14H,4,6,8-9H2,1-3H3,(H,15,16). The molecule has 2 N–H and O–H groups in total. The third-order valence-corrected chi connectivity index (χ3v) is 3.81. The first-order valence-corrected chi connectivity index (χ1v) is 6.74. The first-order valence-electron chi connectivity index (χ1n) is 5.86. The summed E-state index contributed by atoms with van der Waals surface area (Å²) in [5, 5.41) is 14.2. The molecule has 0 saturated carbocycles. The van der Waals surface area contributed by atoms with Crippen molar-refractivity contribution >= 4 is 17.3 Å². The highest BCUT2D eigenvalue weighted by molar-refractivity contribution is 7.10. The zero-order valence-corrected chi connectivity index (χ0v) is 11.6. The van der Waals surface area contributed by atoms with Crippen molar-refractivity contribution in [1.29, 1.82) is 0 Å². The van der Waals surface area contributed by atoms with Crippen LogP contribution < -0.4 is 5.32 Å². The van der Waals surface area contributed by atoms with E-state index in [4.69, 9.17) is 5.11 Å². The molecule has 0 saturated heterocycles. The van der Waals surface area contributed by atoms with Gasteiger partial charge in [-0.15, -0.1) is 11.3 Å². The molecule has 1 rings (SSSR count). The fourth-order valence-electron chi connectivity index (χ4n) is 1.76. The number of hydrogen-bond acceptors (Lipinski definition) is 3. The molecule has 1 aromatic heterocycles. The van der Waals surface area contributed by atoms with Gasteiger partial charge in [0.15, 0.2) is 0 Å². The summed E-state index contributed by atoms with van der Waals surface area (Å²) in [5.74, 6) is -0.731. The van der Waals surface area contributed by atoms with Gasteiger partial charge in [0, 0.05) is 11.4 Å². The van der Waals surface area contributed by atoms with Gasteiger partial charge in [-0.25, -0.2) is 0 Å². The van der Waals surface area contributed by atoms with Crippen LogP contribution in [0, 0.1) is 12.3 Å². The summed E-state index contributed by atoms with van der Waals surface area (Å²) in [6.45, 7) is 7.73. The SMILES string of the molecule is Cc1ccsc1CCNCC(C)(C)CC(=O)O. The Bertz CT molecular complexity index is 371. The smallest absolute Gasteiger partial charge is 0.303 e. The highest BCUT2D eigenvalue weighted by Gasteiger charge is 2.20. The summed E-state index contributed by atoms with van der Waals surface area (Å²) in [7, 11) is 0. The summed E-state index contributed by atoms with van der Waals surface area (Å²) < 4.78 is 0. The van der Waals surface area contributed by atoms with E-state index < -0.39 is 5.97 Å². The molecular formula is C13H21NO2S. The molecule has 3 nitrogen and oxygen atoms in total. The topological polar surface area (TPSA) is 49.3 Å². The van der Waals surface area contributed by atoms with Crippen LogP contribution in [0.1, 0.15) is 30.7 Å². The van der Waals surface area contributed by atoms with E-state index >= 15 is 0 Å². The van der Waals surface area contributed by atoms with E-state index in [0.29, 0.717) is 0 Å². The molecule has 0 radical (unpaired) electrons. The van der Waals surface area contributed by atoms with Gasteiger partial charge < -0.3 is 10.4 Å². The average Bonchev–Trinajstić information content (AvgIpc) is 2.57. The molecule has 1 aromatic rings. The maximum absolute atomic E-state index is 10.7. The Kier molecular flexibility index (Phi) is 5.15. The van der Waals surface area contributed by atoms with E-state index in [0.717, 1.165) is 19.5 Å². The number of carbonyl (C=O) groups is 1. The van der Waals surface area contributed by atoms with Crippen LogP contribution >= 0.6 is 11.3 Å². The minimum absolute atomic E-state index is 0.184. The fourth-order valence-corrected chi connectivity index (χ4v) is 2.67. The predicted molar refractivity (Wildman–Crippen MR) is 71.7 cm³/mol. The van der Waals surface area contributed by atoms with Gasteiger partial charge in [-0.3, -0.25) is 4.79 Å². The monoisotopic (exact) mass is 255 g/mol. The van der Waals surface area contributed by atoms with Crippen molar-refractivity contribution in [2.75, 3.05) is 13.1 Å². The predicted octanol–water partition coefficient (Wildman–Crippen LogP) is 2.69. The minimum Gasteiger partial charge on any atom is -0.481 e. The normalized spacial score (nSPS) is 11.7. The van der Waals surface area contributed by atoms with E-state index in [1.165, 1.54) is 10.4 Å². The Morgan fingerprint density at radius 2 is 2.24 bits per heavy atom. The summed E-state index contributed by atoms with van der Waals surface area (Å²) in [6.07, 6.45) is 1.23. The third kappa shape index (κ3) is 5.33. The number of carboxylic acids is 1. The lowest BCUT2D eigenvalue weighted by Gasteiger charge is -2.22. The van der Waals surface area contributed by atoms with Crippen LogP contribution in [0.3, 0.4) is 0 Å². The molecule has 17 heavy (non-hydrogen) atoms. The lowest BCUT2D eigenvalue weighted by Crippen LogP contribution is -2.32. The Labute approximate surface area is 107 Å². The van der Waals surface area contributed by atoms with Gasteiger partial charge in [0.1, 0.15) is 0 Å². The molecule has 0 spiro atoms. The lowest BCUT2D eigenvalue weighted by atomic mass is 9.89. The van der Waals surface area contributed by atoms with Crippen LogP contribution in [0.15, 0.2) is 11.4 Å². The third-order valence-electron chi connectivity index (χ3n) is 2.73. The van der Waals surface area contributed by atoms with E-state index in [2.05, 4.69) is 23.7 Å². The molecule has 0 atom stereocenters. The summed E-state index contributed by atoms with van der Waals surface area (Å²) in [5.41, 5.74) is 1.16. The molecule has 1 heterocycles. The molecule has 0 aliphatic carbocycles. The average molecular weight is 255 g/mol. The molecule has 0 aliphatic rings. The zero-order chi connectivity index (χ0) is 12.9. The highest BCUT2D eigenvalue weighted by atomic mass is 32.1. The molecule has 0 aromatic carbocycles. The molecule has 0 bridgehead atoms. The summed E-state index contributed by atoms with van der Waals surface area (Å²) >= 11 is 1.78. The molecule has 0 aliphatic heterocycles. The van der Waals surface area contributed by atoms with Crippen LogP contribution in [0.4, 0.5) is 0 Å². The van der Waals surface area contributed by atoms with E-state index in [1.807, 2.05) is 13.8 Å². The molecule has 0 amide bonds. The number of carboxylic acid groups (broad SMARTS) is 1. The van der Waals surface area contributed by atoms with Crippen molar-refractivity contribution in [3.63, 3.8) is 0 Å². The number of nitrogens with one attached hydrogen (secondary N) is 1. The van der Waals surface area contributed by atoms with E-state index in [9.17, 15) is 4.79 Å². The Balaban J connectivity index is 2.24. The van der Waals surface area contributed by atoms with Gasteiger partial charge in [-0.05, 0) is 42.3 Å². The number of thiophene rings is 1. The second kappa shape index (κ2) is 6.17. The van der Waals surface area contributed by atoms with Gasteiger partial charge in [0.05, 0.1) is 6.42 Å².